The number of carbonyl (C=O) groups excluding carboxylic acids is 1. The van der Waals surface area contributed by atoms with Crippen molar-refractivity contribution in [2.24, 2.45) is 17.8 Å². The second kappa shape index (κ2) is 6.44. The van der Waals surface area contributed by atoms with Crippen LogP contribution in [0, 0.1) is 17.8 Å². The minimum absolute atomic E-state index is 0.196. The van der Waals surface area contributed by atoms with Crippen molar-refractivity contribution < 1.29 is 4.79 Å². The molecular formula is C16H25N3OS. The van der Waals surface area contributed by atoms with Crippen LogP contribution in [0.15, 0.2) is 5.38 Å². The van der Waals surface area contributed by atoms with Crippen LogP contribution in [-0.2, 0) is 4.79 Å². The van der Waals surface area contributed by atoms with Gasteiger partial charge < -0.3 is 10.6 Å². The number of thiazole rings is 1. The zero-order valence-electron chi connectivity index (χ0n) is 12.9. The fraction of sp³-hybridized carbons (Fsp3) is 0.750. The predicted molar refractivity (Wildman–Crippen MR) is 86.4 cm³/mol. The highest BCUT2D eigenvalue weighted by Gasteiger charge is 2.54. The van der Waals surface area contributed by atoms with Gasteiger partial charge in [0.25, 0.3) is 0 Å². The van der Waals surface area contributed by atoms with Gasteiger partial charge in [-0.05, 0) is 44.6 Å². The second-order valence-electron chi connectivity index (χ2n) is 6.38. The van der Waals surface area contributed by atoms with Crippen LogP contribution in [0.4, 0.5) is 5.13 Å². The fourth-order valence-corrected chi connectivity index (χ4v) is 4.38. The molecule has 5 heteroatoms. The Bertz CT molecular complexity index is 489. The van der Waals surface area contributed by atoms with E-state index in [0.29, 0.717) is 11.8 Å². The lowest BCUT2D eigenvalue weighted by atomic mass is 10.0. The van der Waals surface area contributed by atoms with Gasteiger partial charge in [0.15, 0.2) is 5.13 Å². The Morgan fingerprint density at radius 3 is 2.81 bits per heavy atom. The molecule has 0 aromatic carbocycles. The van der Waals surface area contributed by atoms with Gasteiger partial charge in [0.2, 0.25) is 5.91 Å². The minimum atomic E-state index is 0.196. The Balaban J connectivity index is 1.54. The van der Waals surface area contributed by atoms with Crippen LogP contribution in [0.2, 0.25) is 0 Å². The maximum atomic E-state index is 12.3. The number of nitrogens with zero attached hydrogens (tertiary/aromatic N) is 1. The van der Waals surface area contributed by atoms with E-state index in [1.165, 1.54) is 37.0 Å². The number of rotatable bonds is 6. The molecule has 0 spiro atoms. The van der Waals surface area contributed by atoms with E-state index >= 15 is 0 Å². The molecule has 2 fully saturated rings. The van der Waals surface area contributed by atoms with Crippen LogP contribution in [0.5, 0.6) is 0 Å². The summed E-state index contributed by atoms with van der Waals surface area (Å²) in [6, 6.07) is 0.246. The van der Waals surface area contributed by atoms with E-state index < -0.39 is 0 Å². The molecule has 2 saturated carbocycles. The number of nitrogens with one attached hydrogen (secondary N) is 2. The number of fused-ring (bicyclic) bond motifs is 1. The van der Waals surface area contributed by atoms with E-state index in [1.807, 2.05) is 5.38 Å². The standard InChI is InChI=1S/C16H25N3OS/c1-3-8-17-10(2)13-9-21-16(18-13)19-15(20)14-11-6-4-5-7-12(11)14/h9-12,14,17H,3-8H2,1-2H3,(H,18,19,20). The summed E-state index contributed by atoms with van der Waals surface area (Å²) in [6.07, 6.45) is 6.19. The summed E-state index contributed by atoms with van der Waals surface area (Å²) >= 11 is 1.54. The molecule has 2 aliphatic rings. The summed E-state index contributed by atoms with van der Waals surface area (Å²) in [5.74, 6) is 1.77. The summed E-state index contributed by atoms with van der Waals surface area (Å²) in [4.78, 5) is 16.9. The van der Waals surface area contributed by atoms with Crippen molar-refractivity contribution in [1.82, 2.24) is 10.3 Å². The lowest BCUT2D eigenvalue weighted by Gasteiger charge is -2.09. The molecule has 0 saturated heterocycles. The van der Waals surface area contributed by atoms with Gasteiger partial charge in [0, 0.05) is 17.3 Å². The van der Waals surface area contributed by atoms with Crippen molar-refractivity contribution in [2.75, 3.05) is 11.9 Å². The van der Waals surface area contributed by atoms with Crippen LogP contribution < -0.4 is 10.6 Å². The highest BCUT2D eigenvalue weighted by atomic mass is 32.1. The molecule has 0 aliphatic heterocycles. The maximum Gasteiger partial charge on any atom is 0.229 e. The third-order valence-corrected chi connectivity index (χ3v) is 5.63. The fourth-order valence-electron chi connectivity index (χ4n) is 3.58. The summed E-state index contributed by atoms with van der Waals surface area (Å²) in [6.45, 7) is 5.26. The van der Waals surface area contributed by atoms with Crippen LogP contribution in [-0.4, -0.2) is 17.4 Å². The number of aromatic nitrogens is 1. The van der Waals surface area contributed by atoms with Crippen LogP contribution in [0.3, 0.4) is 0 Å². The molecule has 1 aromatic heterocycles. The SMILES string of the molecule is CCCNC(C)c1csc(NC(=O)C2C3CCCCC32)n1. The number of anilines is 1. The lowest BCUT2D eigenvalue weighted by molar-refractivity contribution is -0.117. The van der Waals surface area contributed by atoms with Gasteiger partial charge in [-0.15, -0.1) is 11.3 Å². The molecule has 2 aliphatic carbocycles. The molecule has 1 amide bonds. The molecule has 21 heavy (non-hydrogen) atoms. The van der Waals surface area contributed by atoms with Crippen molar-refractivity contribution in [3.63, 3.8) is 0 Å². The molecular weight excluding hydrogens is 282 g/mol. The van der Waals surface area contributed by atoms with Gasteiger partial charge in [-0.1, -0.05) is 19.8 Å². The number of amides is 1. The van der Waals surface area contributed by atoms with E-state index in [1.54, 1.807) is 0 Å². The first-order chi connectivity index (χ1) is 10.2. The number of hydrogen-bond donors (Lipinski definition) is 2. The van der Waals surface area contributed by atoms with Gasteiger partial charge in [0.05, 0.1) is 5.69 Å². The Morgan fingerprint density at radius 1 is 1.43 bits per heavy atom. The largest absolute Gasteiger partial charge is 0.309 e. The first kappa shape index (κ1) is 15.0. The molecule has 2 N–H and O–H groups in total. The van der Waals surface area contributed by atoms with Crippen molar-refractivity contribution in [3.8, 4) is 0 Å². The molecule has 0 radical (unpaired) electrons. The van der Waals surface area contributed by atoms with Crippen molar-refractivity contribution in [3.05, 3.63) is 11.1 Å². The average Bonchev–Trinajstić information content (AvgIpc) is 3.05. The summed E-state index contributed by atoms with van der Waals surface area (Å²) < 4.78 is 0. The Morgan fingerprint density at radius 2 is 2.14 bits per heavy atom. The highest BCUT2D eigenvalue weighted by molar-refractivity contribution is 7.13. The van der Waals surface area contributed by atoms with E-state index in [2.05, 4.69) is 29.5 Å². The first-order valence-corrected chi connectivity index (χ1v) is 9.08. The van der Waals surface area contributed by atoms with Crippen molar-refractivity contribution in [2.45, 2.75) is 52.0 Å². The normalized spacial score (nSPS) is 28.8. The summed E-state index contributed by atoms with van der Waals surface area (Å²) in [7, 11) is 0. The molecule has 3 rings (SSSR count). The molecule has 1 heterocycles. The smallest absolute Gasteiger partial charge is 0.229 e. The average molecular weight is 307 g/mol. The zero-order valence-corrected chi connectivity index (χ0v) is 13.7. The van der Waals surface area contributed by atoms with E-state index in [4.69, 9.17) is 0 Å². The number of hydrogen-bond acceptors (Lipinski definition) is 4. The van der Waals surface area contributed by atoms with Crippen molar-refractivity contribution >= 4 is 22.4 Å². The van der Waals surface area contributed by atoms with Crippen molar-refractivity contribution in [1.29, 1.82) is 0 Å². The topological polar surface area (TPSA) is 54.0 Å². The summed E-state index contributed by atoms with van der Waals surface area (Å²) in [5.41, 5.74) is 1.02. The van der Waals surface area contributed by atoms with E-state index in [9.17, 15) is 4.79 Å². The zero-order chi connectivity index (χ0) is 14.8. The minimum Gasteiger partial charge on any atom is -0.309 e. The lowest BCUT2D eigenvalue weighted by Crippen LogP contribution is -2.20. The van der Waals surface area contributed by atoms with Gasteiger partial charge in [-0.3, -0.25) is 4.79 Å². The highest BCUT2D eigenvalue weighted by Crippen LogP contribution is 2.55. The van der Waals surface area contributed by atoms with Gasteiger partial charge in [-0.2, -0.15) is 0 Å². The molecule has 3 unspecified atom stereocenters. The molecule has 1 aromatic rings. The number of carbonyl (C=O) groups is 1. The Kier molecular flexibility index (Phi) is 4.60. The monoisotopic (exact) mass is 307 g/mol. The maximum absolute atomic E-state index is 12.3. The Hall–Kier alpha value is -0.940. The van der Waals surface area contributed by atoms with E-state index in [0.717, 1.165) is 23.8 Å². The quantitative estimate of drug-likeness (QED) is 0.844. The third kappa shape index (κ3) is 3.29. The van der Waals surface area contributed by atoms with E-state index in [-0.39, 0.29) is 17.9 Å². The van der Waals surface area contributed by atoms with Gasteiger partial charge >= 0.3 is 0 Å². The molecule has 4 nitrogen and oxygen atoms in total. The first-order valence-electron chi connectivity index (χ1n) is 8.20. The molecule has 116 valence electrons. The van der Waals surface area contributed by atoms with Gasteiger partial charge in [0.1, 0.15) is 0 Å². The Labute approximate surface area is 130 Å². The van der Waals surface area contributed by atoms with Crippen LogP contribution in [0.1, 0.15) is 57.7 Å². The van der Waals surface area contributed by atoms with Crippen LogP contribution >= 0.6 is 11.3 Å². The predicted octanol–water partition coefficient (Wildman–Crippen LogP) is 3.58. The second-order valence-corrected chi connectivity index (χ2v) is 7.24. The van der Waals surface area contributed by atoms with Crippen LogP contribution in [0.25, 0.3) is 0 Å². The van der Waals surface area contributed by atoms with Gasteiger partial charge in [-0.25, -0.2) is 4.98 Å². The third-order valence-electron chi connectivity index (χ3n) is 4.86. The summed E-state index contributed by atoms with van der Waals surface area (Å²) in [5, 5.41) is 9.25. The molecule has 0 bridgehead atoms. The molecule has 3 atom stereocenters.